The van der Waals surface area contributed by atoms with Crippen LogP contribution in [0.5, 0.6) is 0 Å². The Bertz CT molecular complexity index is 1330. The lowest BCUT2D eigenvalue weighted by Crippen LogP contribution is -2.30. The van der Waals surface area contributed by atoms with Crippen LogP contribution in [0, 0.1) is 0 Å². The van der Waals surface area contributed by atoms with Crippen LogP contribution in [0.3, 0.4) is 0 Å². The minimum absolute atomic E-state index is 0.292. The van der Waals surface area contributed by atoms with Gasteiger partial charge in [-0.25, -0.2) is 0 Å². The second-order valence-electron chi connectivity index (χ2n) is 6.95. The minimum atomic E-state index is -1.65. The Balaban J connectivity index is 1.94. The fraction of sp³-hybridized carbons (Fsp3) is 0. The van der Waals surface area contributed by atoms with Gasteiger partial charge in [0.05, 0.1) is 5.02 Å². The average molecular weight is 399 g/mol. The summed E-state index contributed by atoms with van der Waals surface area (Å²) in [4.78, 5) is 0. The van der Waals surface area contributed by atoms with E-state index in [1.807, 2.05) is 54.6 Å². The van der Waals surface area contributed by atoms with Gasteiger partial charge in [-0.3, -0.25) is 0 Å². The molecule has 0 aliphatic heterocycles. The van der Waals surface area contributed by atoms with Crippen LogP contribution in [0.25, 0.3) is 44.2 Å². The van der Waals surface area contributed by atoms with Crippen molar-refractivity contribution < 1.29 is 14.5 Å². The number of halogens is 1. The molecule has 0 spiro atoms. The standard InChI is InChI=1S/C24H16BClO3/c26-21-12-11-20(25(27)28)24-22(21)19-14-17(15-7-3-1-4-8-15)13-18(23(19)29-24)16-9-5-2-6-10-16/h1-14,27-28H. The Kier molecular flexibility index (Phi) is 4.40. The predicted molar refractivity (Wildman–Crippen MR) is 119 cm³/mol. The third-order valence-corrected chi connectivity index (χ3v) is 5.48. The van der Waals surface area contributed by atoms with Crippen LogP contribution in [0.4, 0.5) is 0 Å². The summed E-state index contributed by atoms with van der Waals surface area (Å²) in [6, 6.07) is 27.5. The highest BCUT2D eigenvalue weighted by atomic mass is 35.5. The smallest absolute Gasteiger partial charge is 0.456 e. The molecular weight excluding hydrogens is 383 g/mol. The Labute approximate surface area is 172 Å². The van der Waals surface area contributed by atoms with E-state index in [1.54, 1.807) is 12.1 Å². The molecule has 0 saturated carbocycles. The van der Waals surface area contributed by atoms with E-state index < -0.39 is 7.12 Å². The van der Waals surface area contributed by atoms with Gasteiger partial charge in [0.25, 0.3) is 0 Å². The van der Waals surface area contributed by atoms with E-state index in [2.05, 4.69) is 18.2 Å². The van der Waals surface area contributed by atoms with Crippen LogP contribution >= 0.6 is 11.6 Å². The molecule has 4 aromatic carbocycles. The molecule has 0 unspecified atom stereocenters. The van der Waals surface area contributed by atoms with E-state index in [-0.39, 0.29) is 0 Å². The number of hydrogen-bond acceptors (Lipinski definition) is 3. The maximum absolute atomic E-state index is 9.81. The SMILES string of the molecule is OB(O)c1ccc(Cl)c2c1oc1c(-c3ccccc3)cc(-c3ccccc3)cc12. The first-order chi connectivity index (χ1) is 14.1. The predicted octanol–water partition coefficient (Wildman–Crippen LogP) is 5.25. The maximum Gasteiger partial charge on any atom is 0.492 e. The van der Waals surface area contributed by atoms with E-state index in [9.17, 15) is 10.0 Å². The molecule has 29 heavy (non-hydrogen) atoms. The summed E-state index contributed by atoms with van der Waals surface area (Å²) in [5.41, 5.74) is 5.40. The van der Waals surface area contributed by atoms with E-state index in [4.69, 9.17) is 16.0 Å². The van der Waals surface area contributed by atoms with Crippen molar-refractivity contribution in [2.75, 3.05) is 0 Å². The summed E-state index contributed by atoms with van der Waals surface area (Å²) >= 11 is 6.53. The summed E-state index contributed by atoms with van der Waals surface area (Å²) in [5, 5.41) is 21.6. The Hall–Kier alpha value is -3.05. The molecule has 1 heterocycles. The van der Waals surface area contributed by atoms with Crippen molar-refractivity contribution in [3.8, 4) is 22.3 Å². The summed E-state index contributed by atoms with van der Waals surface area (Å²) in [7, 11) is -1.65. The van der Waals surface area contributed by atoms with Gasteiger partial charge in [-0.05, 0) is 34.9 Å². The fourth-order valence-corrected chi connectivity index (χ4v) is 4.05. The van der Waals surface area contributed by atoms with Crippen molar-refractivity contribution in [1.29, 1.82) is 0 Å². The zero-order valence-electron chi connectivity index (χ0n) is 15.3. The quantitative estimate of drug-likeness (QED) is 0.408. The molecular formula is C24H16BClO3. The lowest BCUT2D eigenvalue weighted by Gasteiger charge is -2.08. The number of fused-ring (bicyclic) bond motifs is 3. The lowest BCUT2D eigenvalue weighted by atomic mass is 9.79. The normalized spacial score (nSPS) is 11.3. The van der Waals surface area contributed by atoms with Crippen LogP contribution < -0.4 is 5.46 Å². The van der Waals surface area contributed by atoms with Crippen LogP contribution in [0.2, 0.25) is 5.02 Å². The molecule has 0 bridgehead atoms. The molecule has 0 saturated heterocycles. The molecule has 5 rings (SSSR count). The first-order valence-corrected chi connectivity index (χ1v) is 9.67. The molecule has 3 nitrogen and oxygen atoms in total. The minimum Gasteiger partial charge on any atom is -0.456 e. The van der Waals surface area contributed by atoms with Gasteiger partial charge in [-0.2, -0.15) is 0 Å². The topological polar surface area (TPSA) is 53.6 Å². The third kappa shape index (κ3) is 3.02. The maximum atomic E-state index is 9.81. The van der Waals surface area contributed by atoms with Gasteiger partial charge >= 0.3 is 7.12 Å². The fourth-order valence-electron chi connectivity index (χ4n) is 3.79. The van der Waals surface area contributed by atoms with Crippen molar-refractivity contribution in [3.63, 3.8) is 0 Å². The number of benzene rings is 4. The monoisotopic (exact) mass is 398 g/mol. The van der Waals surface area contributed by atoms with E-state index in [0.29, 0.717) is 27.0 Å². The Morgan fingerprint density at radius 3 is 2.00 bits per heavy atom. The van der Waals surface area contributed by atoms with Crippen LogP contribution in [0.1, 0.15) is 0 Å². The highest BCUT2D eigenvalue weighted by Gasteiger charge is 2.23. The molecule has 140 valence electrons. The van der Waals surface area contributed by atoms with Gasteiger partial charge < -0.3 is 14.5 Å². The van der Waals surface area contributed by atoms with Gasteiger partial charge in [0.1, 0.15) is 11.2 Å². The highest BCUT2D eigenvalue weighted by Crippen LogP contribution is 2.41. The van der Waals surface area contributed by atoms with E-state index in [0.717, 1.165) is 27.6 Å². The number of rotatable bonds is 3. The second kappa shape index (κ2) is 7.09. The lowest BCUT2D eigenvalue weighted by molar-refractivity contribution is 0.425. The van der Waals surface area contributed by atoms with Gasteiger partial charge in [0.15, 0.2) is 0 Å². The largest absolute Gasteiger partial charge is 0.492 e. The van der Waals surface area contributed by atoms with Crippen LogP contribution in [0.15, 0.2) is 89.3 Å². The van der Waals surface area contributed by atoms with Crippen molar-refractivity contribution in [2.45, 2.75) is 0 Å². The first-order valence-electron chi connectivity index (χ1n) is 9.29. The molecule has 0 atom stereocenters. The summed E-state index contributed by atoms with van der Waals surface area (Å²) in [6.45, 7) is 0. The average Bonchev–Trinajstić information content (AvgIpc) is 3.14. The van der Waals surface area contributed by atoms with Gasteiger partial charge in [0, 0.05) is 21.8 Å². The molecule has 5 aromatic rings. The van der Waals surface area contributed by atoms with Crippen LogP contribution in [-0.2, 0) is 0 Å². The molecule has 2 N–H and O–H groups in total. The zero-order chi connectivity index (χ0) is 20.0. The van der Waals surface area contributed by atoms with Crippen molar-refractivity contribution in [2.24, 2.45) is 0 Å². The molecule has 0 aliphatic rings. The van der Waals surface area contributed by atoms with Crippen molar-refractivity contribution >= 4 is 46.1 Å². The van der Waals surface area contributed by atoms with Crippen molar-refractivity contribution in [1.82, 2.24) is 0 Å². The zero-order valence-corrected chi connectivity index (χ0v) is 16.1. The molecule has 1 aromatic heterocycles. The Morgan fingerprint density at radius 1 is 0.690 bits per heavy atom. The van der Waals surface area contributed by atoms with Crippen LogP contribution in [-0.4, -0.2) is 17.2 Å². The molecule has 0 amide bonds. The molecule has 0 radical (unpaired) electrons. The second-order valence-corrected chi connectivity index (χ2v) is 7.36. The molecule has 0 fully saturated rings. The summed E-state index contributed by atoms with van der Waals surface area (Å²) in [5.74, 6) is 0. The number of furan rings is 1. The number of hydrogen-bond donors (Lipinski definition) is 2. The highest BCUT2D eigenvalue weighted by molar-refractivity contribution is 6.62. The first kappa shape index (κ1) is 18.0. The van der Waals surface area contributed by atoms with E-state index in [1.165, 1.54) is 0 Å². The van der Waals surface area contributed by atoms with Gasteiger partial charge in [0.2, 0.25) is 0 Å². The van der Waals surface area contributed by atoms with Crippen molar-refractivity contribution in [3.05, 3.63) is 90.0 Å². The third-order valence-electron chi connectivity index (χ3n) is 5.17. The summed E-state index contributed by atoms with van der Waals surface area (Å²) in [6.07, 6.45) is 0. The Morgan fingerprint density at radius 2 is 1.34 bits per heavy atom. The van der Waals surface area contributed by atoms with Gasteiger partial charge in [-0.1, -0.05) is 78.3 Å². The summed E-state index contributed by atoms with van der Waals surface area (Å²) < 4.78 is 6.20. The van der Waals surface area contributed by atoms with Gasteiger partial charge in [-0.15, -0.1) is 0 Å². The molecule has 5 heteroatoms. The van der Waals surface area contributed by atoms with E-state index >= 15 is 0 Å². The molecule has 0 aliphatic carbocycles.